The molecule has 0 spiro atoms. The van der Waals surface area contributed by atoms with Crippen LogP contribution in [0, 0.1) is 6.92 Å². The molecule has 0 amide bonds. The number of hydrogen-bond donors (Lipinski definition) is 0. The van der Waals surface area contributed by atoms with Gasteiger partial charge in [-0.1, -0.05) is 6.92 Å². The van der Waals surface area contributed by atoms with Crippen LogP contribution in [0.2, 0.25) is 0 Å². The molecule has 24 heavy (non-hydrogen) atoms. The van der Waals surface area contributed by atoms with E-state index in [-0.39, 0.29) is 5.75 Å². The molecule has 2 aromatic heterocycles. The van der Waals surface area contributed by atoms with Crippen molar-refractivity contribution in [3.05, 3.63) is 30.4 Å². The lowest BCUT2D eigenvalue weighted by atomic mass is 10.3. The Balaban J connectivity index is 1.66. The van der Waals surface area contributed by atoms with Gasteiger partial charge in [-0.3, -0.25) is 4.57 Å². The Kier molecular flexibility index (Phi) is 4.81. The molecule has 8 nitrogen and oxygen atoms in total. The van der Waals surface area contributed by atoms with E-state index < -0.39 is 10.0 Å². The lowest BCUT2D eigenvalue weighted by Gasteiger charge is -2.34. The number of anilines is 1. The van der Waals surface area contributed by atoms with Crippen molar-refractivity contribution >= 4 is 15.8 Å². The van der Waals surface area contributed by atoms with Gasteiger partial charge in [0.05, 0.1) is 5.75 Å². The lowest BCUT2D eigenvalue weighted by molar-refractivity contribution is 0.383. The van der Waals surface area contributed by atoms with Gasteiger partial charge in [0.1, 0.15) is 5.82 Å². The normalized spacial score (nSPS) is 16.5. The Labute approximate surface area is 142 Å². The van der Waals surface area contributed by atoms with Gasteiger partial charge in [-0.05, 0) is 25.5 Å². The van der Waals surface area contributed by atoms with Crippen molar-refractivity contribution in [3.8, 4) is 5.82 Å². The first-order valence-corrected chi connectivity index (χ1v) is 9.69. The van der Waals surface area contributed by atoms with Gasteiger partial charge in [0.25, 0.3) is 0 Å². The van der Waals surface area contributed by atoms with E-state index in [9.17, 15) is 8.42 Å². The van der Waals surface area contributed by atoms with Crippen LogP contribution in [0.4, 0.5) is 5.82 Å². The van der Waals surface area contributed by atoms with Crippen LogP contribution in [-0.4, -0.2) is 64.4 Å². The van der Waals surface area contributed by atoms with Gasteiger partial charge >= 0.3 is 0 Å². The molecular formula is C15H22N6O2S. The molecule has 1 aliphatic rings. The Bertz CT molecular complexity index is 779. The molecule has 0 aliphatic carbocycles. The highest BCUT2D eigenvalue weighted by Gasteiger charge is 2.26. The lowest BCUT2D eigenvalue weighted by Crippen LogP contribution is -2.49. The third-order valence-corrected chi connectivity index (χ3v) is 6.20. The summed E-state index contributed by atoms with van der Waals surface area (Å²) in [6.45, 7) is 6.03. The molecule has 3 heterocycles. The second-order valence-corrected chi connectivity index (χ2v) is 7.88. The number of rotatable bonds is 5. The highest BCUT2D eigenvalue weighted by Crippen LogP contribution is 2.16. The van der Waals surface area contributed by atoms with Crippen LogP contribution in [0.15, 0.2) is 24.5 Å². The standard InChI is InChI=1S/C15H22N6O2S/c1-3-12-24(22,23)20-10-8-19(9-11-20)14-4-5-15(18-17-14)21-7-6-16-13(21)2/h4-7H,3,8-12H2,1-2H3. The molecule has 0 unspecified atom stereocenters. The molecule has 130 valence electrons. The third kappa shape index (κ3) is 3.41. The van der Waals surface area contributed by atoms with Crippen LogP contribution < -0.4 is 4.90 Å². The monoisotopic (exact) mass is 350 g/mol. The number of aryl methyl sites for hydroxylation is 1. The quantitative estimate of drug-likeness (QED) is 0.794. The van der Waals surface area contributed by atoms with E-state index in [4.69, 9.17) is 0 Å². The molecule has 1 fully saturated rings. The second kappa shape index (κ2) is 6.86. The van der Waals surface area contributed by atoms with Crippen LogP contribution in [0.3, 0.4) is 0 Å². The zero-order valence-electron chi connectivity index (χ0n) is 14.0. The van der Waals surface area contributed by atoms with Crippen LogP contribution in [0.25, 0.3) is 5.82 Å². The molecule has 0 N–H and O–H groups in total. The number of aromatic nitrogens is 4. The van der Waals surface area contributed by atoms with Crippen LogP contribution in [0.5, 0.6) is 0 Å². The molecule has 0 saturated carbocycles. The minimum absolute atomic E-state index is 0.214. The Morgan fingerprint density at radius 3 is 2.29 bits per heavy atom. The molecule has 1 aliphatic heterocycles. The van der Waals surface area contributed by atoms with Crippen molar-refractivity contribution < 1.29 is 8.42 Å². The van der Waals surface area contributed by atoms with Crippen LogP contribution in [-0.2, 0) is 10.0 Å². The summed E-state index contributed by atoms with van der Waals surface area (Å²) in [6, 6.07) is 3.81. The van der Waals surface area contributed by atoms with Gasteiger partial charge in [-0.2, -0.15) is 4.31 Å². The summed E-state index contributed by atoms with van der Waals surface area (Å²) in [6.07, 6.45) is 4.21. The van der Waals surface area contributed by atoms with Crippen molar-refractivity contribution in [2.24, 2.45) is 0 Å². The number of sulfonamides is 1. The van der Waals surface area contributed by atoms with E-state index in [1.165, 1.54) is 0 Å². The zero-order chi connectivity index (χ0) is 17.2. The molecule has 0 bridgehead atoms. The van der Waals surface area contributed by atoms with Crippen molar-refractivity contribution in [1.29, 1.82) is 0 Å². The molecule has 0 aromatic carbocycles. The average molecular weight is 350 g/mol. The molecule has 9 heteroatoms. The van der Waals surface area contributed by atoms with Crippen molar-refractivity contribution in [1.82, 2.24) is 24.1 Å². The van der Waals surface area contributed by atoms with Crippen LogP contribution >= 0.6 is 0 Å². The molecular weight excluding hydrogens is 328 g/mol. The summed E-state index contributed by atoms with van der Waals surface area (Å²) in [4.78, 5) is 6.24. The largest absolute Gasteiger partial charge is 0.352 e. The van der Waals surface area contributed by atoms with E-state index in [1.807, 2.05) is 36.7 Å². The summed E-state index contributed by atoms with van der Waals surface area (Å²) in [5, 5.41) is 8.54. The maximum absolute atomic E-state index is 12.1. The van der Waals surface area contributed by atoms with Crippen molar-refractivity contribution in [3.63, 3.8) is 0 Å². The molecule has 0 radical (unpaired) electrons. The van der Waals surface area contributed by atoms with Gasteiger partial charge in [0.2, 0.25) is 10.0 Å². The Morgan fingerprint density at radius 1 is 1.08 bits per heavy atom. The van der Waals surface area contributed by atoms with Gasteiger partial charge < -0.3 is 4.90 Å². The fraction of sp³-hybridized carbons (Fsp3) is 0.533. The molecule has 3 rings (SSSR count). The summed E-state index contributed by atoms with van der Waals surface area (Å²) in [7, 11) is -3.12. The summed E-state index contributed by atoms with van der Waals surface area (Å²) < 4.78 is 27.7. The highest BCUT2D eigenvalue weighted by molar-refractivity contribution is 7.89. The van der Waals surface area contributed by atoms with Crippen molar-refractivity contribution in [2.45, 2.75) is 20.3 Å². The second-order valence-electron chi connectivity index (χ2n) is 5.80. The van der Waals surface area contributed by atoms with E-state index in [0.29, 0.717) is 32.6 Å². The maximum atomic E-state index is 12.1. The highest BCUT2D eigenvalue weighted by atomic mass is 32.2. The SMILES string of the molecule is CCCS(=O)(=O)N1CCN(c2ccc(-n3ccnc3C)nn2)CC1. The molecule has 2 aromatic rings. The topological polar surface area (TPSA) is 84.2 Å². The van der Waals surface area contributed by atoms with Gasteiger partial charge in [-0.15, -0.1) is 10.2 Å². The molecule has 1 saturated heterocycles. The first kappa shape index (κ1) is 16.8. The predicted octanol–water partition coefficient (Wildman–Crippen LogP) is 0.833. The maximum Gasteiger partial charge on any atom is 0.214 e. The fourth-order valence-electron chi connectivity index (χ4n) is 2.82. The number of nitrogens with zero attached hydrogens (tertiary/aromatic N) is 6. The summed E-state index contributed by atoms with van der Waals surface area (Å²) >= 11 is 0. The molecule has 0 atom stereocenters. The summed E-state index contributed by atoms with van der Waals surface area (Å²) in [5.74, 6) is 2.56. The zero-order valence-corrected chi connectivity index (χ0v) is 14.8. The smallest absolute Gasteiger partial charge is 0.214 e. The first-order chi connectivity index (χ1) is 11.5. The number of piperazine rings is 1. The Morgan fingerprint density at radius 2 is 1.75 bits per heavy atom. The minimum atomic E-state index is -3.12. The third-order valence-electron chi connectivity index (χ3n) is 4.13. The fourth-order valence-corrected chi connectivity index (χ4v) is 4.31. The van der Waals surface area contributed by atoms with E-state index in [0.717, 1.165) is 17.5 Å². The predicted molar refractivity (Wildman–Crippen MR) is 91.8 cm³/mol. The van der Waals surface area contributed by atoms with Crippen molar-refractivity contribution in [2.75, 3.05) is 36.8 Å². The van der Waals surface area contributed by atoms with E-state index in [1.54, 1.807) is 10.5 Å². The van der Waals surface area contributed by atoms with Gasteiger partial charge in [-0.25, -0.2) is 13.4 Å². The average Bonchev–Trinajstić information content (AvgIpc) is 3.01. The van der Waals surface area contributed by atoms with Crippen LogP contribution in [0.1, 0.15) is 19.2 Å². The van der Waals surface area contributed by atoms with Gasteiger partial charge in [0, 0.05) is 38.6 Å². The van der Waals surface area contributed by atoms with E-state index in [2.05, 4.69) is 20.1 Å². The number of hydrogen-bond acceptors (Lipinski definition) is 6. The Hall–Kier alpha value is -2.00. The first-order valence-electron chi connectivity index (χ1n) is 8.08. The van der Waals surface area contributed by atoms with Gasteiger partial charge in [0.15, 0.2) is 11.6 Å². The summed E-state index contributed by atoms with van der Waals surface area (Å²) in [5.41, 5.74) is 0. The minimum Gasteiger partial charge on any atom is -0.352 e. The van der Waals surface area contributed by atoms with E-state index >= 15 is 0 Å². The number of imidazole rings is 1.